The Bertz CT molecular complexity index is 593. The highest BCUT2D eigenvalue weighted by Gasteiger charge is 2.16. The number of nitrogens with two attached hydrogens (primary N) is 1. The number of amides is 1. The maximum atomic E-state index is 12.2. The number of hydrogen-bond donors (Lipinski definition) is 3. The van der Waals surface area contributed by atoms with Gasteiger partial charge >= 0.3 is 0 Å². The van der Waals surface area contributed by atoms with Crippen molar-refractivity contribution in [1.82, 2.24) is 5.32 Å². The molecule has 24 heavy (non-hydrogen) atoms. The van der Waals surface area contributed by atoms with E-state index >= 15 is 0 Å². The van der Waals surface area contributed by atoms with E-state index in [1.807, 2.05) is 31.2 Å². The Morgan fingerprint density at radius 3 is 2.83 bits per heavy atom. The third-order valence-electron chi connectivity index (χ3n) is 4.72. The molecular formula is C18H27N5O. The first kappa shape index (κ1) is 18.1. The summed E-state index contributed by atoms with van der Waals surface area (Å²) in [6, 6.07) is 7.40. The van der Waals surface area contributed by atoms with E-state index in [1.54, 1.807) is 0 Å². The van der Waals surface area contributed by atoms with Crippen molar-refractivity contribution in [2.75, 3.05) is 0 Å². The van der Waals surface area contributed by atoms with E-state index in [9.17, 15) is 4.79 Å². The van der Waals surface area contributed by atoms with Gasteiger partial charge in [-0.1, -0.05) is 55.5 Å². The summed E-state index contributed by atoms with van der Waals surface area (Å²) in [5, 5.41) is 9.54. The molecule has 1 aliphatic carbocycles. The fraction of sp³-hybridized carbons (Fsp3) is 0.556. The van der Waals surface area contributed by atoms with Crippen LogP contribution in [0.5, 0.6) is 0 Å². The molecule has 0 saturated heterocycles. The molecular weight excluding hydrogens is 302 g/mol. The van der Waals surface area contributed by atoms with Gasteiger partial charge in [0, 0.05) is 12.0 Å². The van der Waals surface area contributed by atoms with Crippen LogP contribution in [-0.4, -0.2) is 11.7 Å². The van der Waals surface area contributed by atoms with Crippen LogP contribution in [0.25, 0.3) is 0 Å². The lowest BCUT2D eigenvalue weighted by Gasteiger charge is -2.21. The van der Waals surface area contributed by atoms with Gasteiger partial charge in [-0.05, 0) is 30.9 Å². The summed E-state index contributed by atoms with van der Waals surface area (Å²) in [6.07, 6.45) is 8.08. The van der Waals surface area contributed by atoms with E-state index in [0.29, 0.717) is 17.9 Å². The number of carbonyl (C=O) groups excluding carboxylic acids is 1. The van der Waals surface area contributed by atoms with Crippen LogP contribution in [0.15, 0.2) is 34.6 Å². The molecule has 0 heterocycles. The highest BCUT2D eigenvalue weighted by atomic mass is 16.1. The Morgan fingerprint density at radius 2 is 2.12 bits per heavy atom. The summed E-state index contributed by atoms with van der Waals surface area (Å²) in [7, 11) is 0. The summed E-state index contributed by atoms with van der Waals surface area (Å²) in [5.74, 6) is 1.01. The zero-order valence-corrected chi connectivity index (χ0v) is 14.3. The molecule has 1 aromatic carbocycles. The Hall–Kier alpha value is -2.24. The second-order valence-electron chi connectivity index (χ2n) is 6.54. The van der Waals surface area contributed by atoms with Crippen LogP contribution in [0.3, 0.4) is 0 Å². The molecule has 4 N–H and O–H groups in total. The maximum absolute atomic E-state index is 12.2. The van der Waals surface area contributed by atoms with Gasteiger partial charge in [-0.2, -0.15) is 5.53 Å². The molecule has 1 fully saturated rings. The van der Waals surface area contributed by atoms with Crippen molar-refractivity contribution in [1.29, 1.82) is 5.53 Å². The fourth-order valence-electron chi connectivity index (χ4n) is 3.29. The van der Waals surface area contributed by atoms with E-state index in [1.165, 1.54) is 32.1 Å². The van der Waals surface area contributed by atoms with Gasteiger partial charge in [-0.15, -0.1) is 5.10 Å². The molecule has 1 saturated carbocycles. The predicted molar refractivity (Wildman–Crippen MR) is 94.7 cm³/mol. The fourth-order valence-corrected chi connectivity index (χ4v) is 3.29. The average molecular weight is 329 g/mol. The molecule has 1 amide bonds. The SMILES string of the molecule is CC(NC(=O)CCC1CCCCC1)c1cccc(C(N)=NN=N)c1. The third kappa shape index (κ3) is 5.44. The normalized spacial score (nSPS) is 17.3. The number of nitrogens with zero attached hydrogens (tertiary/aromatic N) is 2. The second kappa shape index (κ2) is 9.15. The molecule has 6 nitrogen and oxygen atoms in total. The monoisotopic (exact) mass is 329 g/mol. The molecule has 1 unspecified atom stereocenters. The van der Waals surface area contributed by atoms with Crippen molar-refractivity contribution in [3.8, 4) is 0 Å². The van der Waals surface area contributed by atoms with E-state index in [0.717, 1.165) is 12.0 Å². The van der Waals surface area contributed by atoms with Crippen molar-refractivity contribution >= 4 is 11.7 Å². The van der Waals surface area contributed by atoms with Crippen molar-refractivity contribution in [3.63, 3.8) is 0 Å². The van der Waals surface area contributed by atoms with Crippen LogP contribution in [0.1, 0.15) is 69.0 Å². The lowest BCUT2D eigenvalue weighted by molar-refractivity contribution is -0.122. The smallest absolute Gasteiger partial charge is 0.220 e. The van der Waals surface area contributed by atoms with Crippen molar-refractivity contribution in [2.45, 2.75) is 57.9 Å². The molecule has 0 bridgehead atoms. The van der Waals surface area contributed by atoms with E-state index < -0.39 is 0 Å². The lowest BCUT2D eigenvalue weighted by Crippen LogP contribution is -2.27. The minimum Gasteiger partial charge on any atom is -0.382 e. The quantitative estimate of drug-likeness (QED) is 0.306. The summed E-state index contributed by atoms with van der Waals surface area (Å²) >= 11 is 0. The van der Waals surface area contributed by atoms with Crippen LogP contribution in [0.2, 0.25) is 0 Å². The van der Waals surface area contributed by atoms with Crippen LogP contribution >= 0.6 is 0 Å². The van der Waals surface area contributed by atoms with Gasteiger partial charge in [0.05, 0.1) is 6.04 Å². The largest absolute Gasteiger partial charge is 0.382 e. The molecule has 0 radical (unpaired) electrons. The first-order chi connectivity index (χ1) is 11.6. The Morgan fingerprint density at radius 1 is 1.38 bits per heavy atom. The molecule has 6 heteroatoms. The molecule has 1 aliphatic rings. The Labute approximate surface area is 143 Å². The molecule has 0 aliphatic heterocycles. The standard InChI is InChI=1S/C18H27N5O/c1-13(15-8-5-9-16(12-15)18(19)22-23-20)21-17(24)11-10-14-6-3-2-4-7-14/h5,8-9,12-14H,2-4,6-7,10-11H2,1H3,(H,21,24)(H3,19,20,22). The molecule has 0 spiro atoms. The second-order valence-corrected chi connectivity index (χ2v) is 6.54. The van der Waals surface area contributed by atoms with Crippen molar-refractivity contribution in [2.24, 2.45) is 22.0 Å². The van der Waals surface area contributed by atoms with Crippen LogP contribution in [0, 0.1) is 11.4 Å². The summed E-state index contributed by atoms with van der Waals surface area (Å²) < 4.78 is 0. The van der Waals surface area contributed by atoms with Gasteiger partial charge in [-0.25, -0.2) is 0 Å². The Balaban J connectivity index is 1.87. The molecule has 1 aromatic rings. The topological polar surface area (TPSA) is 104 Å². The zero-order chi connectivity index (χ0) is 17.4. The van der Waals surface area contributed by atoms with Crippen LogP contribution < -0.4 is 11.1 Å². The van der Waals surface area contributed by atoms with Crippen LogP contribution in [0.4, 0.5) is 0 Å². The lowest BCUT2D eigenvalue weighted by atomic mass is 9.86. The van der Waals surface area contributed by atoms with Crippen molar-refractivity contribution in [3.05, 3.63) is 35.4 Å². The first-order valence-electron chi connectivity index (χ1n) is 8.69. The minimum atomic E-state index is -0.0930. The van der Waals surface area contributed by atoms with Gasteiger partial charge in [0.2, 0.25) is 5.91 Å². The third-order valence-corrected chi connectivity index (χ3v) is 4.72. The van der Waals surface area contributed by atoms with Gasteiger partial charge in [0.25, 0.3) is 0 Å². The molecule has 0 aromatic heterocycles. The van der Waals surface area contributed by atoms with E-state index in [-0.39, 0.29) is 17.8 Å². The Kier molecular flexibility index (Phi) is 6.90. The maximum Gasteiger partial charge on any atom is 0.220 e. The number of carbonyl (C=O) groups is 1. The predicted octanol–water partition coefficient (Wildman–Crippen LogP) is 3.88. The number of nitrogens with one attached hydrogen (secondary N) is 2. The first-order valence-corrected chi connectivity index (χ1v) is 8.69. The van der Waals surface area contributed by atoms with Gasteiger partial charge in [0.15, 0.2) is 5.84 Å². The van der Waals surface area contributed by atoms with Gasteiger partial charge < -0.3 is 11.1 Å². The molecule has 2 rings (SSSR count). The summed E-state index contributed by atoms with van der Waals surface area (Å²) in [6.45, 7) is 1.96. The number of benzene rings is 1. The summed E-state index contributed by atoms with van der Waals surface area (Å²) in [4.78, 5) is 12.2. The van der Waals surface area contributed by atoms with Gasteiger partial charge in [0.1, 0.15) is 0 Å². The highest BCUT2D eigenvalue weighted by molar-refractivity contribution is 5.97. The van der Waals surface area contributed by atoms with E-state index in [4.69, 9.17) is 11.3 Å². The zero-order valence-electron chi connectivity index (χ0n) is 14.3. The van der Waals surface area contributed by atoms with E-state index in [2.05, 4.69) is 15.6 Å². The minimum absolute atomic E-state index is 0.0930. The highest BCUT2D eigenvalue weighted by Crippen LogP contribution is 2.27. The number of amidine groups is 1. The van der Waals surface area contributed by atoms with Crippen molar-refractivity contribution < 1.29 is 4.79 Å². The number of hydrogen-bond acceptors (Lipinski definition) is 3. The molecule has 130 valence electrons. The average Bonchev–Trinajstić information content (AvgIpc) is 2.61. The number of rotatable bonds is 7. The van der Waals surface area contributed by atoms with Crippen LogP contribution in [-0.2, 0) is 4.79 Å². The molecule has 1 atom stereocenters. The summed E-state index contributed by atoms with van der Waals surface area (Å²) in [5.41, 5.74) is 14.2. The van der Waals surface area contributed by atoms with Gasteiger partial charge in [-0.3, -0.25) is 4.79 Å².